The minimum atomic E-state index is -0.260. The summed E-state index contributed by atoms with van der Waals surface area (Å²) in [6.45, 7) is 6.91. The van der Waals surface area contributed by atoms with E-state index in [0.29, 0.717) is 38.3 Å². The zero-order chi connectivity index (χ0) is 18.0. The molecule has 0 radical (unpaired) electrons. The maximum absolute atomic E-state index is 12.0. The fraction of sp³-hybridized carbons (Fsp3) is 0.895. The molecule has 0 spiro atoms. The van der Waals surface area contributed by atoms with Crippen LogP contribution < -0.4 is 5.73 Å². The van der Waals surface area contributed by atoms with Crippen LogP contribution in [0.2, 0.25) is 0 Å². The first-order valence-electron chi connectivity index (χ1n) is 9.67. The van der Waals surface area contributed by atoms with Crippen molar-refractivity contribution in [3.63, 3.8) is 0 Å². The first kappa shape index (κ1) is 23.1. The largest absolute Gasteiger partial charge is 0.465 e. The van der Waals surface area contributed by atoms with Crippen LogP contribution in [0.5, 0.6) is 0 Å². The predicted molar refractivity (Wildman–Crippen MR) is 99.0 cm³/mol. The van der Waals surface area contributed by atoms with Gasteiger partial charge in [-0.3, -0.25) is 14.5 Å². The molecule has 0 aromatic rings. The Balaban J connectivity index is 3.76. The molecule has 0 amide bonds. The van der Waals surface area contributed by atoms with Crippen molar-refractivity contribution in [3.05, 3.63) is 0 Å². The van der Waals surface area contributed by atoms with Crippen LogP contribution in [0.15, 0.2) is 0 Å². The normalized spacial score (nSPS) is 11.0. The van der Waals surface area contributed by atoms with Crippen molar-refractivity contribution in [3.8, 4) is 0 Å². The number of esters is 1. The molecule has 142 valence electrons. The van der Waals surface area contributed by atoms with Gasteiger partial charge >= 0.3 is 5.97 Å². The van der Waals surface area contributed by atoms with Crippen LogP contribution in [0, 0.1) is 0 Å². The van der Waals surface area contributed by atoms with Crippen LogP contribution in [-0.4, -0.2) is 49.4 Å². The molecule has 0 fully saturated rings. The smallest absolute Gasteiger partial charge is 0.302 e. The van der Waals surface area contributed by atoms with Gasteiger partial charge in [0.25, 0.3) is 0 Å². The van der Waals surface area contributed by atoms with Crippen LogP contribution in [-0.2, 0) is 14.3 Å². The maximum atomic E-state index is 12.0. The van der Waals surface area contributed by atoms with Gasteiger partial charge in [-0.25, -0.2) is 0 Å². The Morgan fingerprint density at radius 3 is 2.17 bits per heavy atom. The second kappa shape index (κ2) is 16.9. The molecule has 24 heavy (non-hydrogen) atoms. The summed E-state index contributed by atoms with van der Waals surface area (Å²) < 4.78 is 4.98. The van der Waals surface area contributed by atoms with Crippen molar-refractivity contribution in [1.29, 1.82) is 0 Å². The van der Waals surface area contributed by atoms with Crippen LogP contribution in [0.25, 0.3) is 0 Å². The number of carbonyl (C=O) groups is 2. The lowest BCUT2D eigenvalue weighted by Crippen LogP contribution is -2.32. The van der Waals surface area contributed by atoms with Gasteiger partial charge in [0.15, 0.2) is 0 Å². The average Bonchev–Trinajstić information content (AvgIpc) is 2.55. The Kier molecular flexibility index (Phi) is 16.2. The van der Waals surface area contributed by atoms with Gasteiger partial charge in [0, 0.05) is 32.9 Å². The quantitative estimate of drug-likeness (QED) is 0.324. The predicted octanol–water partition coefficient (Wildman–Crippen LogP) is 3.30. The van der Waals surface area contributed by atoms with E-state index in [1.165, 1.54) is 45.4 Å². The summed E-state index contributed by atoms with van der Waals surface area (Å²) in [6.07, 6.45) is 10.8. The summed E-state index contributed by atoms with van der Waals surface area (Å²) in [5, 5.41) is 0. The summed E-state index contributed by atoms with van der Waals surface area (Å²) in [6, 6.07) is 0. The molecule has 0 unspecified atom stereocenters. The number of Topliss-reactive ketones (excluding diaryl/α,β-unsaturated/α-hetero) is 1. The minimum absolute atomic E-state index is 0.260. The van der Waals surface area contributed by atoms with Crippen molar-refractivity contribution in [2.24, 2.45) is 5.73 Å². The molecule has 0 aliphatic rings. The van der Waals surface area contributed by atoms with Gasteiger partial charge in [0.05, 0.1) is 0 Å². The zero-order valence-corrected chi connectivity index (χ0v) is 15.9. The number of rotatable bonds is 17. The molecule has 5 nitrogen and oxygen atoms in total. The van der Waals surface area contributed by atoms with Gasteiger partial charge in [-0.05, 0) is 25.9 Å². The standard InChI is InChI=1S/C19H38N2O3/c1-3-4-5-6-7-8-9-11-19(23)12-15-21(14-10-13-20)16-17-24-18(2)22/h3-17,20H2,1-2H3. The van der Waals surface area contributed by atoms with Gasteiger partial charge in [-0.1, -0.05) is 45.4 Å². The number of nitrogens with zero attached hydrogens (tertiary/aromatic N) is 1. The van der Waals surface area contributed by atoms with Crippen LogP contribution in [0.4, 0.5) is 0 Å². The molecule has 0 aliphatic carbocycles. The van der Waals surface area contributed by atoms with Crippen LogP contribution >= 0.6 is 0 Å². The van der Waals surface area contributed by atoms with E-state index in [2.05, 4.69) is 11.8 Å². The molecule has 0 rings (SSSR count). The number of ketones is 1. The zero-order valence-electron chi connectivity index (χ0n) is 15.9. The summed E-state index contributed by atoms with van der Waals surface area (Å²) in [5.74, 6) is 0.0811. The van der Waals surface area contributed by atoms with Crippen molar-refractivity contribution in [2.45, 2.75) is 78.1 Å². The highest BCUT2D eigenvalue weighted by Gasteiger charge is 2.09. The van der Waals surface area contributed by atoms with E-state index in [1.807, 2.05) is 0 Å². The lowest BCUT2D eigenvalue weighted by molar-refractivity contribution is -0.141. The van der Waals surface area contributed by atoms with E-state index < -0.39 is 0 Å². The van der Waals surface area contributed by atoms with E-state index in [9.17, 15) is 9.59 Å². The van der Waals surface area contributed by atoms with E-state index in [1.54, 1.807) is 0 Å². The average molecular weight is 343 g/mol. The number of hydrogen-bond donors (Lipinski definition) is 1. The molecule has 5 heteroatoms. The molecule has 0 aromatic heterocycles. The van der Waals surface area contributed by atoms with Crippen molar-refractivity contribution < 1.29 is 14.3 Å². The molecule has 0 bridgehead atoms. The summed E-state index contributed by atoms with van der Waals surface area (Å²) in [7, 11) is 0. The second-order valence-corrected chi connectivity index (χ2v) is 6.48. The number of unbranched alkanes of at least 4 members (excludes halogenated alkanes) is 6. The Bertz CT molecular complexity index is 322. The molecule has 0 saturated heterocycles. The Hall–Kier alpha value is -0.940. The Morgan fingerprint density at radius 1 is 0.875 bits per heavy atom. The molecule has 0 atom stereocenters. The molecular weight excluding hydrogens is 304 g/mol. The van der Waals surface area contributed by atoms with E-state index in [4.69, 9.17) is 10.5 Å². The molecule has 0 heterocycles. The van der Waals surface area contributed by atoms with Gasteiger partial charge < -0.3 is 10.5 Å². The van der Waals surface area contributed by atoms with E-state index >= 15 is 0 Å². The highest BCUT2D eigenvalue weighted by atomic mass is 16.5. The third kappa shape index (κ3) is 15.9. The molecule has 2 N–H and O–H groups in total. The van der Waals surface area contributed by atoms with Crippen molar-refractivity contribution in [1.82, 2.24) is 4.90 Å². The minimum Gasteiger partial charge on any atom is -0.465 e. The first-order chi connectivity index (χ1) is 11.6. The summed E-state index contributed by atoms with van der Waals surface area (Å²) in [5.41, 5.74) is 5.56. The summed E-state index contributed by atoms with van der Waals surface area (Å²) in [4.78, 5) is 25.0. The van der Waals surface area contributed by atoms with Gasteiger partial charge in [0.1, 0.15) is 12.4 Å². The fourth-order valence-corrected chi connectivity index (χ4v) is 2.66. The molecule has 0 aliphatic heterocycles. The SMILES string of the molecule is CCCCCCCCCC(=O)CCN(CCCN)CCOC(C)=O. The lowest BCUT2D eigenvalue weighted by Gasteiger charge is -2.21. The Morgan fingerprint density at radius 2 is 1.54 bits per heavy atom. The fourth-order valence-electron chi connectivity index (χ4n) is 2.66. The lowest BCUT2D eigenvalue weighted by atomic mass is 10.1. The Labute approximate surface area is 148 Å². The van der Waals surface area contributed by atoms with Crippen molar-refractivity contribution >= 4 is 11.8 Å². The number of nitrogens with two attached hydrogens (primary N) is 1. The van der Waals surface area contributed by atoms with E-state index in [-0.39, 0.29) is 5.97 Å². The topological polar surface area (TPSA) is 72.6 Å². The first-order valence-corrected chi connectivity index (χ1v) is 9.67. The monoisotopic (exact) mass is 342 g/mol. The van der Waals surface area contributed by atoms with Gasteiger partial charge in [-0.15, -0.1) is 0 Å². The van der Waals surface area contributed by atoms with E-state index in [0.717, 1.165) is 25.9 Å². The maximum Gasteiger partial charge on any atom is 0.302 e. The highest BCUT2D eigenvalue weighted by Crippen LogP contribution is 2.09. The molecular formula is C19H38N2O3. The third-order valence-corrected chi connectivity index (χ3v) is 4.16. The highest BCUT2D eigenvalue weighted by molar-refractivity contribution is 5.78. The second-order valence-electron chi connectivity index (χ2n) is 6.48. The number of carbonyl (C=O) groups excluding carboxylic acids is 2. The molecule has 0 aromatic carbocycles. The van der Waals surface area contributed by atoms with Crippen molar-refractivity contribution in [2.75, 3.05) is 32.8 Å². The number of ether oxygens (including phenoxy) is 1. The van der Waals surface area contributed by atoms with Crippen LogP contribution in [0.3, 0.4) is 0 Å². The third-order valence-electron chi connectivity index (χ3n) is 4.16. The number of hydrogen-bond acceptors (Lipinski definition) is 5. The van der Waals surface area contributed by atoms with Gasteiger partial charge in [0.2, 0.25) is 0 Å². The molecule has 0 saturated carbocycles. The van der Waals surface area contributed by atoms with Gasteiger partial charge in [-0.2, -0.15) is 0 Å². The summed E-state index contributed by atoms with van der Waals surface area (Å²) >= 11 is 0. The van der Waals surface area contributed by atoms with Crippen LogP contribution in [0.1, 0.15) is 78.1 Å².